The van der Waals surface area contributed by atoms with Crippen molar-refractivity contribution < 1.29 is 4.74 Å². The highest BCUT2D eigenvalue weighted by atomic mass is 16.5. The van der Waals surface area contributed by atoms with Gasteiger partial charge in [-0.3, -0.25) is 9.69 Å². The number of nitrogens with zero attached hydrogens (tertiary/aromatic N) is 2. The van der Waals surface area contributed by atoms with Gasteiger partial charge in [-0.2, -0.15) is 0 Å². The molecule has 5 nitrogen and oxygen atoms in total. The molecule has 0 radical (unpaired) electrons. The number of para-hydroxylation sites is 1. The predicted molar refractivity (Wildman–Crippen MR) is 125 cm³/mol. The van der Waals surface area contributed by atoms with Crippen LogP contribution >= 0.6 is 0 Å². The van der Waals surface area contributed by atoms with Crippen molar-refractivity contribution in [3.05, 3.63) is 46.2 Å². The maximum atomic E-state index is 12.6. The molecule has 2 saturated heterocycles. The minimum absolute atomic E-state index is 0.117. The van der Waals surface area contributed by atoms with Crippen molar-refractivity contribution in [3.63, 3.8) is 0 Å². The molecule has 1 N–H and O–H groups in total. The SMILES string of the molecule is O=c1cc(CN(CC2CCN(C3CCCC3)CC2)CC2CCCO2)[nH]c2ccccc12. The minimum atomic E-state index is 0.117. The number of hydrogen-bond donors (Lipinski definition) is 1. The number of rotatable bonds is 7. The fraction of sp³-hybridized carbons (Fsp3) is 0.654. The molecular weight excluding hydrogens is 386 g/mol. The van der Waals surface area contributed by atoms with Crippen LogP contribution in [0.3, 0.4) is 0 Å². The van der Waals surface area contributed by atoms with Gasteiger partial charge in [0.1, 0.15) is 0 Å². The second-order valence-corrected chi connectivity index (χ2v) is 9.95. The van der Waals surface area contributed by atoms with E-state index in [0.717, 1.165) is 61.2 Å². The largest absolute Gasteiger partial charge is 0.377 e. The Kier molecular flexibility index (Phi) is 6.72. The summed E-state index contributed by atoms with van der Waals surface area (Å²) in [6.07, 6.45) is 10.9. The van der Waals surface area contributed by atoms with Crippen LogP contribution < -0.4 is 5.43 Å². The topological polar surface area (TPSA) is 48.6 Å². The zero-order valence-corrected chi connectivity index (χ0v) is 18.7. The summed E-state index contributed by atoms with van der Waals surface area (Å²) in [6.45, 7) is 6.28. The molecule has 0 bridgehead atoms. The molecule has 1 aromatic carbocycles. The lowest BCUT2D eigenvalue weighted by molar-refractivity contribution is 0.0536. The highest BCUT2D eigenvalue weighted by Crippen LogP contribution is 2.28. The molecule has 2 aromatic rings. The van der Waals surface area contributed by atoms with Crippen LogP contribution in [0.1, 0.15) is 57.1 Å². The quantitative estimate of drug-likeness (QED) is 0.726. The standard InChI is InChI=1S/C26H37N3O2/c30-26-16-21(27-25-10-4-3-9-24(25)26)18-28(19-23-8-5-15-31-23)17-20-11-13-29(14-12-20)22-6-1-2-7-22/h3-4,9-10,16,20,22-23H,1-2,5-8,11-15,17-19H2,(H,27,30). The molecule has 1 aliphatic carbocycles. The first-order valence-electron chi connectivity index (χ1n) is 12.4. The van der Waals surface area contributed by atoms with Crippen LogP contribution in [0.2, 0.25) is 0 Å². The van der Waals surface area contributed by atoms with Gasteiger partial charge in [0.2, 0.25) is 0 Å². The van der Waals surface area contributed by atoms with Crippen molar-refractivity contribution >= 4 is 10.9 Å². The highest BCUT2D eigenvalue weighted by molar-refractivity contribution is 5.78. The number of ether oxygens (including phenoxy) is 1. The molecule has 168 valence electrons. The van der Waals surface area contributed by atoms with Crippen molar-refractivity contribution in [2.75, 3.05) is 32.8 Å². The monoisotopic (exact) mass is 423 g/mol. The summed E-state index contributed by atoms with van der Waals surface area (Å²) in [6, 6.07) is 10.5. The second kappa shape index (κ2) is 9.85. The molecule has 1 saturated carbocycles. The van der Waals surface area contributed by atoms with Gasteiger partial charge in [-0.1, -0.05) is 25.0 Å². The summed E-state index contributed by atoms with van der Waals surface area (Å²) in [4.78, 5) is 21.4. The van der Waals surface area contributed by atoms with Gasteiger partial charge in [-0.25, -0.2) is 0 Å². The van der Waals surface area contributed by atoms with E-state index in [0.29, 0.717) is 6.10 Å². The van der Waals surface area contributed by atoms with Gasteiger partial charge >= 0.3 is 0 Å². The molecule has 3 aliphatic rings. The van der Waals surface area contributed by atoms with Gasteiger partial charge in [-0.05, 0) is 69.7 Å². The molecule has 5 heteroatoms. The van der Waals surface area contributed by atoms with Crippen molar-refractivity contribution in [2.45, 2.75) is 70.1 Å². The smallest absolute Gasteiger partial charge is 0.189 e. The third-order valence-corrected chi connectivity index (χ3v) is 7.68. The molecule has 0 spiro atoms. The van der Waals surface area contributed by atoms with Gasteiger partial charge in [0.05, 0.1) is 6.10 Å². The first-order chi connectivity index (χ1) is 15.2. The molecule has 3 fully saturated rings. The van der Waals surface area contributed by atoms with E-state index in [1.54, 1.807) is 6.07 Å². The van der Waals surface area contributed by atoms with Crippen molar-refractivity contribution in [3.8, 4) is 0 Å². The van der Waals surface area contributed by atoms with Crippen LogP contribution in [0, 0.1) is 5.92 Å². The average molecular weight is 424 g/mol. The Hall–Kier alpha value is -1.69. The van der Waals surface area contributed by atoms with Gasteiger partial charge in [0.15, 0.2) is 5.43 Å². The van der Waals surface area contributed by atoms with E-state index >= 15 is 0 Å². The lowest BCUT2D eigenvalue weighted by Gasteiger charge is -2.38. The Morgan fingerprint density at radius 2 is 1.81 bits per heavy atom. The molecule has 1 unspecified atom stereocenters. The van der Waals surface area contributed by atoms with Gasteiger partial charge in [0.25, 0.3) is 0 Å². The minimum Gasteiger partial charge on any atom is -0.377 e. The molecule has 3 heterocycles. The van der Waals surface area contributed by atoms with E-state index in [4.69, 9.17) is 4.74 Å². The van der Waals surface area contributed by atoms with E-state index in [-0.39, 0.29) is 5.43 Å². The van der Waals surface area contributed by atoms with Crippen LogP contribution in [0.25, 0.3) is 10.9 Å². The first-order valence-corrected chi connectivity index (χ1v) is 12.4. The van der Waals surface area contributed by atoms with Crippen LogP contribution in [-0.4, -0.2) is 59.7 Å². The number of piperidine rings is 1. The Morgan fingerprint density at radius 3 is 2.58 bits per heavy atom. The summed E-state index contributed by atoms with van der Waals surface area (Å²) in [5, 5.41) is 0.774. The number of fused-ring (bicyclic) bond motifs is 1. The van der Waals surface area contributed by atoms with Gasteiger partial charge in [-0.15, -0.1) is 0 Å². The van der Waals surface area contributed by atoms with E-state index in [1.807, 2.05) is 24.3 Å². The summed E-state index contributed by atoms with van der Waals surface area (Å²) < 4.78 is 5.97. The Morgan fingerprint density at radius 1 is 1.00 bits per heavy atom. The Labute approximate surface area is 185 Å². The number of H-pyrrole nitrogens is 1. The summed E-state index contributed by atoms with van der Waals surface area (Å²) in [5.74, 6) is 0.742. The Bertz CT molecular complexity index is 906. The summed E-state index contributed by atoms with van der Waals surface area (Å²) in [5.41, 5.74) is 2.07. The number of pyridine rings is 1. The van der Waals surface area contributed by atoms with Crippen molar-refractivity contribution in [1.82, 2.24) is 14.8 Å². The normalized spacial score (nSPS) is 24.0. The maximum absolute atomic E-state index is 12.6. The molecular formula is C26H37N3O2. The average Bonchev–Trinajstić information content (AvgIpc) is 3.49. The highest BCUT2D eigenvalue weighted by Gasteiger charge is 2.29. The van der Waals surface area contributed by atoms with Crippen LogP contribution in [0.15, 0.2) is 35.1 Å². The van der Waals surface area contributed by atoms with Crippen LogP contribution in [-0.2, 0) is 11.3 Å². The number of nitrogens with one attached hydrogen (secondary N) is 1. The summed E-state index contributed by atoms with van der Waals surface area (Å²) in [7, 11) is 0. The fourth-order valence-electron chi connectivity index (χ4n) is 5.99. The van der Waals surface area contributed by atoms with Crippen LogP contribution in [0.5, 0.6) is 0 Å². The number of aromatic amines is 1. The van der Waals surface area contributed by atoms with Crippen molar-refractivity contribution in [2.24, 2.45) is 5.92 Å². The Balaban J connectivity index is 1.25. The van der Waals surface area contributed by atoms with E-state index < -0.39 is 0 Å². The van der Waals surface area contributed by atoms with E-state index in [2.05, 4.69) is 14.8 Å². The fourth-order valence-corrected chi connectivity index (χ4v) is 5.99. The molecule has 1 aromatic heterocycles. The zero-order valence-electron chi connectivity index (χ0n) is 18.7. The molecule has 31 heavy (non-hydrogen) atoms. The van der Waals surface area contributed by atoms with Gasteiger partial charge in [0, 0.05) is 54.9 Å². The van der Waals surface area contributed by atoms with Crippen molar-refractivity contribution in [1.29, 1.82) is 0 Å². The number of hydrogen-bond acceptors (Lipinski definition) is 4. The predicted octanol–water partition coefficient (Wildman–Crippen LogP) is 4.16. The third kappa shape index (κ3) is 5.21. The second-order valence-electron chi connectivity index (χ2n) is 9.95. The molecule has 5 rings (SSSR count). The molecule has 1 atom stereocenters. The number of benzene rings is 1. The lowest BCUT2D eigenvalue weighted by Crippen LogP contribution is -2.43. The van der Waals surface area contributed by atoms with E-state index in [9.17, 15) is 4.79 Å². The van der Waals surface area contributed by atoms with E-state index in [1.165, 1.54) is 58.0 Å². The summed E-state index contributed by atoms with van der Waals surface area (Å²) >= 11 is 0. The first kappa shape index (κ1) is 21.2. The maximum Gasteiger partial charge on any atom is 0.189 e. The number of aromatic nitrogens is 1. The lowest BCUT2D eigenvalue weighted by atomic mass is 9.94. The van der Waals surface area contributed by atoms with Gasteiger partial charge < -0.3 is 14.6 Å². The van der Waals surface area contributed by atoms with Crippen LogP contribution in [0.4, 0.5) is 0 Å². The molecule has 2 aliphatic heterocycles. The molecule has 0 amide bonds. The number of likely N-dealkylation sites (tertiary alicyclic amines) is 1. The zero-order chi connectivity index (χ0) is 21.0. The third-order valence-electron chi connectivity index (χ3n) is 7.68.